The van der Waals surface area contributed by atoms with Gasteiger partial charge in [0.25, 0.3) is 0 Å². The number of aromatic nitrogens is 2. The number of nitrogens with two attached hydrogens (primary N) is 1. The molecule has 3 N–H and O–H groups in total. The van der Waals surface area contributed by atoms with Crippen LogP contribution in [-0.2, 0) is 4.74 Å². The van der Waals surface area contributed by atoms with Gasteiger partial charge in [-0.2, -0.15) is 4.98 Å². The van der Waals surface area contributed by atoms with E-state index in [0.717, 1.165) is 40.0 Å². The second-order valence-electron chi connectivity index (χ2n) is 5.85. The van der Waals surface area contributed by atoms with Crippen molar-refractivity contribution in [3.8, 4) is 0 Å². The first kappa shape index (κ1) is 16.1. The van der Waals surface area contributed by atoms with Crippen molar-refractivity contribution in [1.82, 2.24) is 9.97 Å². The molecule has 0 atom stereocenters. The van der Waals surface area contributed by atoms with E-state index in [1.807, 2.05) is 42.5 Å². The maximum absolute atomic E-state index is 6.08. The zero-order valence-electron chi connectivity index (χ0n) is 13.6. The van der Waals surface area contributed by atoms with Crippen molar-refractivity contribution in [2.45, 2.75) is 0 Å². The molecular weight excluding hydrogens is 382 g/mol. The Morgan fingerprint density at radius 3 is 2.68 bits per heavy atom. The van der Waals surface area contributed by atoms with E-state index in [1.54, 1.807) is 0 Å². The summed E-state index contributed by atoms with van der Waals surface area (Å²) in [7, 11) is 0. The lowest BCUT2D eigenvalue weighted by molar-refractivity contribution is 0.122. The van der Waals surface area contributed by atoms with Gasteiger partial charge in [-0.3, -0.25) is 0 Å². The maximum Gasteiger partial charge on any atom is 0.228 e. The lowest BCUT2D eigenvalue weighted by atomic mass is 10.2. The van der Waals surface area contributed by atoms with E-state index >= 15 is 0 Å². The van der Waals surface area contributed by atoms with Crippen molar-refractivity contribution in [3.05, 3.63) is 46.9 Å². The van der Waals surface area contributed by atoms with Gasteiger partial charge >= 0.3 is 0 Å². The fourth-order valence-corrected chi connectivity index (χ4v) is 3.19. The van der Waals surface area contributed by atoms with Crippen molar-refractivity contribution < 1.29 is 4.74 Å². The molecule has 1 fully saturated rings. The van der Waals surface area contributed by atoms with E-state index < -0.39 is 0 Å². The van der Waals surface area contributed by atoms with Crippen molar-refractivity contribution in [2.24, 2.45) is 0 Å². The van der Waals surface area contributed by atoms with Gasteiger partial charge in [0.2, 0.25) is 5.95 Å². The van der Waals surface area contributed by atoms with Crippen LogP contribution in [0.3, 0.4) is 0 Å². The van der Waals surface area contributed by atoms with Gasteiger partial charge < -0.3 is 20.7 Å². The average Bonchev–Trinajstić information content (AvgIpc) is 2.64. The monoisotopic (exact) mass is 399 g/mol. The van der Waals surface area contributed by atoms with Crippen LogP contribution in [0.1, 0.15) is 0 Å². The van der Waals surface area contributed by atoms with Crippen molar-refractivity contribution in [3.63, 3.8) is 0 Å². The highest BCUT2D eigenvalue weighted by Crippen LogP contribution is 2.30. The molecule has 2 heterocycles. The van der Waals surface area contributed by atoms with E-state index in [9.17, 15) is 0 Å². The van der Waals surface area contributed by atoms with Crippen LogP contribution in [0, 0.1) is 0 Å². The third kappa shape index (κ3) is 3.38. The van der Waals surface area contributed by atoms with Crippen LogP contribution >= 0.6 is 15.9 Å². The van der Waals surface area contributed by atoms with Gasteiger partial charge in [-0.1, -0.05) is 28.1 Å². The van der Waals surface area contributed by atoms with E-state index in [0.29, 0.717) is 24.8 Å². The number of rotatable bonds is 3. The largest absolute Gasteiger partial charge is 0.397 e. The third-order valence-corrected chi connectivity index (χ3v) is 4.65. The molecule has 4 rings (SSSR count). The number of halogens is 1. The SMILES string of the molecule is Nc1ccccc1Nc1nc(N2CCOCC2)nc2ccc(Br)cc12. The van der Waals surface area contributed by atoms with E-state index in [4.69, 9.17) is 20.4 Å². The van der Waals surface area contributed by atoms with Gasteiger partial charge in [-0.05, 0) is 30.3 Å². The number of para-hydroxylation sites is 2. The molecule has 6 nitrogen and oxygen atoms in total. The normalized spacial score (nSPS) is 14.7. The summed E-state index contributed by atoms with van der Waals surface area (Å²) < 4.78 is 6.41. The highest BCUT2D eigenvalue weighted by molar-refractivity contribution is 9.10. The summed E-state index contributed by atoms with van der Waals surface area (Å²) in [5.74, 6) is 1.45. The fourth-order valence-electron chi connectivity index (χ4n) is 2.83. The molecule has 1 aliphatic heterocycles. The summed E-state index contributed by atoms with van der Waals surface area (Å²) in [5, 5.41) is 4.31. The average molecular weight is 400 g/mol. The van der Waals surface area contributed by atoms with Crippen LogP contribution in [0.2, 0.25) is 0 Å². The van der Waals surface area contributed by atoms with E-state index in [1.165, 1.54) is 0 Å². The molecule has 0 spiro atoms. The standard InChI is InChI=1S/C18H18BrN5O/c19-12-5-6-15-13(11-12)17(21-16-4-2-1-3-14(16)20)23-18(22-15)24-7-9-25-10-8-24/h1-6,11H,7-10,20H2,(H,21,22,23). The Labute approximate surface area is 154 Å². The zero-order valence-corrected chi connectivity index (χ0v) is 15.2. The molecule has 0 unspecified atom stereocenters. The minimum absolute atomic E-state index is 0.678. The van der Waals surface area contributed by atoms with Gasteiger partial charge in [0, 0.05) is 22.9 Å². The Balaban J connectivity index is 1.81. The molecule has 0 bridgehead atoms. The zero-order chi connectivity index (χ0) is 17.2. The quantitative estimate of drug-likeness (QED) is 0.655. The summed E-state index contributed by atoms with van der Waals surface area (Å²) in [6, 6.07) is 13.7. The van der Waals surface area contributed by atoms with Crippen molar-refractivity contribution >= 4 is 50.0 Å². The number of fused-ring (bicyclic) bond motifs is 1. The molecule has 1 aromatic heterocycles. The molecule has 0 saturated carbocycles. The van der Waals surface area contributed by atoms with Crippen LogP contribution in [-0.4, -0.2) is 36.3 Å². The predicted molar refractivity (Wildman–Crippen MR) is 104 cm³/mol. The van der Waals surface area contributed by atoms with Gasteiger partial charge in [-0.15, -0.1) is 0 Å². The second-order valence-corrected chi connectivity index (χ2v) is 6.76. The van der Waals surface area contributed by atoms with Gasteiger partial charge in [0.15, 0.2) is 0 Å². The van der Waals surface area contributed by atoms with Gasteiger partial charge in [-0.25, -0.2) is 4.98 Å². The molecule has 128 valence electrons. The van der Waals surface area contributed by atoms with Crippen LogP contribution in [0.25, 0.3) is 10.9 Å². The van der Waals surface area contributed by atoms with Gasteiger partial charge in [0.05, 0.1) is 30.1 Å². The maximum atomic E-state index is 6.08. The Morgan fingerprint density at radius 2 is 1.88 bits per heavy atom. The Kier molecular flexibility index (Phi) is 4.42. The molecule has 0 radical (unpaired) electrons. The highest BCUT2D eigenvalue weighted by Gasteiger charge is 2.17. The Morgan fingerprint density at radius 1 is 1.08 bits per heavy atom. The first-order chi connectivity index (χ1) is 12.2. The number of benzene rings is 2. The summed E-state index contributed by atoms with van der Waals surface area (Å²) in [6.07, 6.45) is 0. The summed E-state index contributed by atoms with van der Waals surface area (Å²) in [4.78, 5) is 11.6. The van der Waals surface area contributed by atoms with Crippen LogP contribution in [0.15, 0.2) is 46.9 Å². The summed E-state index contributed by atoms with van der Waals surface area (Å²) in [6.45, 7) is 2.95. The first-order valence-electron chi connectivity index (χ1n) is 8.12. The van der Waals surface area contributed by atoms with E-state index in [-0.39, 0.29) is 0 Å². The molecule has 7 heteroatoms. The number of hydrogen-bond donors (Lipinski definition) is 2. The number of ether oxygens (including phenoxy) is 1. The van der Waals surface area contributed by atoms with Crippen LogP contribution in [0.4, 0.5) is 23.1 Å². The number of morpholine rings is 1. The van der Waals surface area contributed by atoms with Gasteiger partial charge in [0.1, 0.15) is 5.82 Å². The Bertz CT molecular complexity index is 911. The number of anilines is 4. The fraction of sp³-hybridized carbons (Fsp3) is 0.222. The first-order valence-corrected chi connectivity index (χ1v) is 8.91. The molecule has 2 aromatic carbocycles. The molecule has 25 heavy (non-hydrogen) atoms. The summed E-state index contributed by atoms with van der Waals surface area (Å²) in [5.41, 5.74) is 8.47. The van der Waals surface area contributed by atoms with Crippen molar-refractivity contribution in [2.75, 3.05) is 42.3 Å². The third-order valence-electron chi connectivity index (χ3n) is 4.15. The molecule has 1 saturated heterocycles. The number of hydrogen-bond acceptors (Lipinski definition) is 6. The highest BCUT2D eigenvalue weighted by atomic mass is 79.9. The number of nitrogens with zero attached hydrogens (tertiary/aromatic N) is 3. The molecular formula is C18H18BrN5O. The number of nitrogens with one attached hydrogen (secondary N) is 1. The molecule has 3 aromatic rings. The minimum atomic E-state index is 0.678. The van der Waals surface area contributed by atoms with Crippen LogP contribution < -0.4 is 16.0 Å². The Hall–Kier alpha value is -2.38. The topological polar surface area (TPSA) is 76.3 Å². The molecule has 0 aliphatic carbocycles. The molecule has 1 aliphatic rings. The van der Waals surface area contributed by atoms with Crippen LogP contribution in [0.5, 0.6) is 0 Å². The smallest absolute Gasteiger partial charge is 0.228 e. The summed E-state index contributed by atoms with van der Waals surface area (Å²) >= 11 is 3.53. The number of nitrogen functional groups attached to an aromatic ring is 1. The second kappa shape index (κ2) is 6.85. The lowest BCUT2D eigenvalue weighted by Crippen LogP contribution is -2.37. The predicted octanol–water partition coefficient (Wildman–Crippen LogP) is 3.55. The molecule has 0 amide bonds. The van der Waals surface area contributed by atoms with Crippen molar-refractivity contribution in [1.29, 1.82) is 0 Å². The van der Waals surface area contributed by atoms with E-state index in [2.05, 4.69) is 26.1 Å². The minimum Gasteiger partial charge on any atom is -0.397 e. The lowest BCUT2D eigenvalue weighted by Gasteiger charge is -2.27.